The van der Waals surface area contributed by atoms with Gasteiger partial charge in [0, 0.05) is 19.5 Å². The van der Waals surface area contributed by atoms with Crippen molar-refractivity contribution in [1.29, 1.82) is 0 Å². The van der Waals surface area contributed by atoms with Crippen LogP contribution in [0.15, 0.2) is 59.5 Å². The largest absolute Gasteiger partial charge is 0.299 e. The number of nitrogens with zero attached hydrogens (tertiary/aromatic N) is 1. The van der Waals surface area contributed by atoms with Crippen LogP contribution in [0, 0.1) is 6.92 Å². The highest BCUT2D eigenvalue weighted by atomic mass is 32.2. The zero-order valence-electron chi connectivity index (χ0n) is 16.0. The van der Waals surface area contributed by atoms with Gasteiger partial charge in [-0.25, -0.2) is 8.42 Å². The fraction of sp³-hybridized carbons (Fsp3) is 0.409. The number of ketones is 1. The van der Waals surface area contributed by atoms with Gasteiger partial charge in [-0.15, -0.1) is 0 Å². The van der Waals surface area contributed by atoms with E-state index < -0.39 is 15.4 Å². The van der Waals surface area contributed by atoms with Gasteiger partial charge in [0.25, 0.3) is 0 Å². The predicted molar refractivity (Wildman–Crippen MR) is 107 cm³/mol. The Bertz CT molecular complexity index is 881. The summed E-state index contributed by atoms with van der Waals surface area (Å²) < 4.78 is 27.5. The molecule has 0 bridgehead atoms. The van der Waals surface area contributed by atoms with Gasteiger partial charge in [0.15, 0.2) is 0 Å². The fourth-order valence-electron chi connectivity index (χ4n) is 3.92. The van der Waals surface area contributed by atoms with Crippen LogP contribution in [0.3, 0.4) is 0 Å². The van der Waals surface area contributed by atoms with E-state index in [-0.39, 0.29) is 5.78 Å². The topological polar surface area (TPSA) is 54.5 Å². The van der Waals surface area contributed by atoms with Gasteiger partial charge < -0.3 is 0 Å². The van der Waals surface area contributed by atoms with Gasteiger partial charge in [-0.2, -0.15) is 4.31 Å². The van der Waals surface area contributed by atoms with Gasteiger partial charge in [0.2, 0.25) is 10.0 Å². The average Bonchev–Trinajstić information content (AvgIpc) is 2.69. The van der Waals surface area contributed by atoms with Crippen molar-refractivity contribution in [3.63, 3.8) is 0 Å². The summed E-state index contributed by atoms with van der Waals surface area (Å²) in [5, 5.41) is 0. The summed E-state index contributed by atoms with van der Waals surface area (Å²) in [6.45, 7) is 4.67. The van der Waals surface area contributed by atoms with Crippen molar-refractivity contribution in [2.24, 2.45) is 0 Å². The van der Waals surface area contributed by atoms with E-state index in [9.17, 15) is 13.2 Å². The number of sulfonamides is 1. The Morgan fingerprint density at radius 1 is 1.00 bits per heavy atom. The molecule has 0 amide bonds. The van der Waals surface area contributed by atoms with Crippen LogP contribution >= 0.6 is 0 Å². The summed E-state index contributed by atoms with van der Waals surface area (Å²) in [5.41, 5.74) is 1.47. The third-order valence-electron chi connectivity index (χ3n) is 5.57. The van der Waals surface area contributed by atoms with Gasteiger partial charge in [-0.1, -0.05) is 55.0 Å². The van der Waals surface area contributed by atoms with E-state index in [2.05, 4.69) is 0 Å². The van der Waals surface area contributed by atoms with Crippen molar-refractivity contribution >= 4 is 15.8 Å². The van der Waals surface area contributed by atoms with Crippen LogP contribution in [0.1, 0.15) is 43.7 Å². The molecule has 0 radical (unpaired) electrons. The van der Waals surface area contributed by atoms with Crippen LogP contribution in [-0.2, 0) is 20.2 Å². The number of aryl methyl sites for hydroxylation is 1. The molecule has 0 aliphatic carbocycles. The number of piperidine rings is 1. The van der Waals surface area contributed by atoms with Crippen molar-refractivity contribution in [3.8, 4) is 0 Å². The molecule has 1 aliphatic rings. The minimum absolute atomic E-state index is 0.226. The van der Waals surface area contributed by atoms with E-state index in [4.69, 9.17) is 0 Å². The number of carbonyl (C=O) groups excluding carboxylic acids is 1. The molecule has 0 spiro atoms. The molecular formula is C22H27NO3S. The van der Waals surface area contributed by atoms with Crippen LogP contribution in [0.25, 0.3) is 0 Å². The maximum absolute atomic E-state index is 13.0. The molecule has 0 unspecified atom stereocenters. The second-order valence-corrected chi connectivity index (χ2v) is 9.28. The lowest BCUT2D eigenvalue weighted by Crippen LogP contribution is -2.49. The maximum Gasteiger partial charge on any atom is 0.243 e. The van der Waals surface area contributed by atoms with Crippen molar-refractivity contribution in [2.75, 3.05) is 13.1 Å². The highest BCUT2D eigenvalue weighted by Crippen LogP contribution is 2.39. The molecule has 3 rings (SSSR count). The Morgan fingerprint density at radius 3 is 2.15 bits per heavy atom. The Kier molecular flexibility index (Phi) is 5.82. The predicted octanol–water partition coefficient (Wildman–Crippen LogP) is 4.09. The van der Waals surface area contributed by atoms with E-state index in [0.29, 0.717) is 37.2 Å². The Morgan fingerprint density at radius 2 is 1.59 bits per heavy atom. The number of carbonyl (C=O) groups is 1. The van der Waals surface area contributed by atoms with Gasteiger partial charge in [0.1, 0.15) is 5.78 Å². The molecule has 1 heterocycles. The van der Waals surface area contributed by atoms with E-state index in [1.54, 1.807) is 12.1 Å². The Labute approximate surface area is 162 Å². The van der Waals surface area contributed by atoms with E-state index in [0.717, 1.165) is 17.5 Å². The van der Waals surface area contributed by atoms with Crippen molar-refractivity contribution in [3.05, 3.63) is 65.7 Å². The molecule has 2 aromatic rings. The molecular weight excluding hydrogens is 358 g/mol. The van der Waals surface area contributed by atoms with Crippen molar-refractivity contribution in [2.45, 2.75) is 49.8 Å². The second kappa shape index (κ2) is 7.95. The third kappa shape index (κ3) is 3.85. The van der Waals surface area contributed by atoms with Gasteiger partial charge in [-0.05, 0) is 43.9 Å². The molecule has 1 aliphatic heterocycles. The number of rotatable bonds is 6. The molecule has 5 heteroatoms. The molecule has 0 saturated carbocycles. The maximum atomic E-state index is 13.0. The highest BCUT2D eigenvalue weighted by molar-refractivity contribution is 7.89. The van der Waals surface area contributed by atoms with E-state index in [1.807, 2.05) is 56.3 Å². The highest BCUT2D eigenvalue weighted by Gasteiger charge is 2.44. The first-order chi connectivity index (χ1) is 12.9. The SMILES string of the molecule is CCCC(=O)C1(c2ccccc2)CCN(S(=O)(=O)c2ccc(C)cc2)CC1. The minimum atomic E-state index is -3.53. The molecule has 144 valence electrons. The summed E-state index contributed by atoms with van der Waals surface area (Å²) in [6, 6.07) is 16.8. The molecule has 1 saturated heterocycles. The van der Waals surface area contributed by atoms with Gasteiger partial charge >= 0.3 is 0 Å². The average molecular weight is 386 g/mol. The minimum Gasteiger partial charge on any atom is -0.299 e. The van der Waals surface area contributed by atoms with Crippen molar-refractivity contribution < 1.29 is 13.2 Å². The van der Waals surface area contributed by atoms with Gasteiger partial charge in [-0.3, -0.25) is 4.79 Å². The Balaban J connectivity index is 1.86. The smallest absolute Gasteiger partial charge is 0.243 e. The number of Topliss-reactive ketones (excluding diaryl/α,β-unsaturated/α-hetero) is 1. The van der Waals surface area contributed by atoms with Crippen molar-refractivity contribution in [1.82, 2.24) is 4.31 Å². The first-order valence-corrected chi connectivity index (χ1v) is 11.0. The lowest BCUT2D eigenvalue weighted by molar-refractivity contribution is -0.126. The summed E-state index contributed by atoms with van der Waals surface area (Å²) in [6.07, 6.45) is 2.39. The summed E-state index contributed by atoms with van der Waals surface area (Å²) in [5.74, 6) is 0.226. The third-order valence-corrected chi connectivity index (χ3v) is 7.48. The molecule has 1 fully saturated rings. The standard InChI is InChI=1S/C22H27NO3S/c1-3-7-21(24)22(19-8-5-4-6-9-19)14-16-23(17-15-22)27(25,26)20-12-10-18(2)11-13-20/h4-6,8-13H,3,7,14-17H2,1-2H3. The first kappa shape index (κ1) is 19.8. The van der Waals surface area contributed by atoms with E-state index in [1.165, 1.54) is 4.31 Å². The summed E-state index contributed by atoms with van der Waals surface area (Å²) in [4.78, 5) is 13.3. The zero-order valence-corrected chi connectivity index (χ0v) is 16.8. The molecule has 0 atom stereocenters. The van der Waals surface area contributed by atoms with Crippen LogP contribution in [0.5, 0.6) is 0 Å². The summed E-state index contributed by atoms with van der Waals surface area (Å²) >= 11 is 0. The fourth-order valence-corrected chi connectivity index (χ4v) is 5.36. The zero-order chi connectivity index (χ0) is 19.5. The normalized spacial score (nSPS) is 17.6. The lowest BCUT2D eigenvalue weighted by atomic mass is 9.69. The Hall–Kier alpha value is -1.98. The van der Waals surface area contributed by atoms with Crippen LogP contribution < -0.4 is 0 Å². The molecule has 27 heavy (non-hydrogen) atoms. The quantitative estimate of drug-likeness (QED) is 0.753. The molecule has 0 N–H and O–H groups in total. The van der Waals surface area contributed by atoms with E-state index >= 15 is 0 Å². The van der Waals surface area contributed by atoms with Gasteiger partial charge in [0.05, 0.1) is 10.3 Å². The van der Waals surface area contributed by atoms with Crippen LogP contribution in [0.2, 0.25) is 0 Å². The van der Waals surface area contributed by atoms with Crippen LogP contribution in [0.4, 0.5) is 0 Å². The van der Waals surface area contributed by atoms with Crippen LogP contribution in [-0.4, -0.2) is 31.6 Å². The number of hydrogen-bond acceptors (Lipinski definition) is 3. The first-order valence-electron chi connectivity index (χ1n) is 9.56. The number of hydrogen-bond donors (Lipinski definition) is 0. The monoisotopic (exact) mass is 385 g/mol. The lowest BCUT2D eigenvalue weighted by Gasteiger charge is -2.40. The molecule has 2 aromatic carbocycles. The molecule has 0 aromatic heterocycles. The summed E-state index contributed by atoms with van der Waals surface area (Å²) in [7, 11) is -3.53. The number of benzene rings is 2. The molecule has 4 nitrogen and oxygen atoms in total. The second-order valence-electron chi connectivity index (χ2n) is 7.34.